The first-order valence-electron chi connectivity index (χ1n) is 4.76. The topological polar surface area (TPSA) is 42.1 Å². The molecule has 1 N–H and O–H groups in total. The van der Waals surface area contributed by atoms with Gasteiger partial charge in [0.2, 0.25) is 0 Å². The number of hydrogen-bond acceptors (Lipinski definition) is 2. The first-order valence-corrected chi connectivity index (χ1v) is 5.94. The van der Waals surface area contributed by atoms with Gasteiger partial charge in [0, 0.05) is 15.4 Å². The summed E-state index contributed by atoms with van der Waals surface area (Å²) in [5.74, 6) is -0.370. The Hall–Kier alpha value is -1.00. The highest BCUT2D eigenvalue weighted by Crippen LogP contribution is 2.28. The van der Waals surface area contributed by atoms with Crippen molar-refractivity contribution in [2.24, 2.45) is 0 Å². The average molecular weight is 303 g/mol. The van der Waals surface area contributed by atoms with Gasteiger partial charge in [-0.05, 0) is 25.1 Å². The number of esters is 1. The smallest absolute Gasteiger partial charge is 0.354 e. The zero-order valence-electron chi connectivity index (χ0n) is 8.51. The molecule has 0 unspecified atom stereocenters. The molecule has 0 bridgehead atoms. The van der Waals surface area contributed by atoms with E-state index in [0.29, 0.717) is 17.3 Å². The lowest BCUT2D eigenvalue weighted by Gasteiger charge is -1.96. The van der Waals surface area contributed by atoms with E-state index in [1.54, 1.807) is 19.1 Å². The predicted molar refractivity (Wildman–Crippen MR) is 67.0 cm³/mol. The third-order valence-corrected chi connectivity index (χ3v) is 2.92. The van der Waals surface area contributed by atoms with Gasteiger partial charge in [-0.3, -0.25) is 0 Å². The van der Waals surface area contributed by atoms with Crippen molar-refractivity contribution in [1.29, 1.82) is 0 Å². The van der Waals surface area contributed by atoms with Crippen molar-refractivity contribution in [3.63, 3.8) is 0 Å². The molecule has 5 heteroatoms. The Morgan fingerprint density at radius 3 is 2.94 bits per heavy atom. The SMILES string of the molecule is CCOC(=O)c1cc2c(Cl)cc(Br)cc2[nH]1. The number of rotatable bonds is 2. The van der Waals surface area contributed by atoms with Crippen LogP contribution in [0.15, 0.2) is 22.7 Å². The van der Waals surface area contributed by atoms with Crippen LogP contribution in [-0.4, -0.2) is 17.6 Å². The second-order valence-corrected chi connectivity index (χ2v) is 4.58. The van der Waals surface area contributed by atoms with Gasteiger partial charge < -0.3 is 9.72 Å². The van der Waals surface area contributed by atoms with Crippen LogP contribution in [0, 0.1) is 0 Å². The quantitative estimate of drug-likeness (QED) is 0.858. The largest absolute Gasteiger partial charge is 0.461 e. The van der Waals surface area contributed by atoms with Crippen molar-refractivity contribution >= 4 is 44.4 Å². The van der Waals surface area contributed by atoms with Gasteiger partial charge in [-0.2, -0.15) is 0 Å². The minimum absolute atomic E-state index is 0.353. The number of carbonyl (C=O) groups excluding carboxylic acids is 1. The van der Waals surface area contributed by atoms with Crippen LogP contribution < -0.4 is 0 Å². The fourth-order valence-electron chi connectivity index (χ4n) is 1.48. The zero-order valence-corrected chi connectivity index (χ0v) is 10.9. The molecule has 2 aromatic rings. The summed E-state index contributed by atoms with van der Waals surface area (Å²) in [6, 6.07) is 5.35. The summed E-state index contributed by atoms with van der Waals surface area (Å²) >= 11 is 9.39. The Kier molecular flexibility index (Phi) is 3.21. The molecule has 2 rings (SSSR count). The van der Waals surface area contributed by atoms with Gasteiger partial charge >= 0.3 is 5.97 Å². The number of H-pyrrole nitrogens is 1. The maximum atomic E-state index is 11.5. The highest BCUT2D eigenvalue weighted by Gasteiger charge is 2.12. The van der Waals surface area contributed by atoms with E-state index in [4.69, 9.17) is 16.3 Å². The lowest BCUT2D eigenvalue weighted by atomic mass is 10.2. The van der Waals surface area contributed by atoms with Crippen LogP contribution in [0.2, 0.25) is 5.02 Å². The van der Waals surface area contributed by atoms with E-state index >= 15 is 0 Å². The molecule has 0 spiro atoms. The average Bonchev–Trinajstić information content (AvgIpc) is 2.62. The summed E-state index contributed by atoms with van der Waals surface area (Å²) in [5, 5.41) is 1.41. The van der Waals surface area contributed by atoms with Crippen LogP contribution in [0.5, 0.6) is 0 Å². The fourth-order valence-corrected chi connectivity index (χ4v) is 2.34. The molecule has 16 heavy (non-hydrogen) atoms. The molecule has 84 valence electrons. The number of aromatic amines is 1. The Labute approximate surface area is 106 Å². The molecule has 0 aliphatic carbocycles. The summed E-state index contributed by atoms with van der Waals surface area (Å²) in [6.45, 7) is 2.12. The van der Waals surface area contributed by atoms with Crippen molar-refractivity contribution in [2.75, 3.05) is 6.61 Å². The lowest BCUT2D eigenvalue weighted by molar-refractivity contribution is 0.0520. The molecule has 1 heterocycles. The van der Waals surface area contributed by atoms with E-state index in [1.165, 1.54) is 0 Å². The van der Waals surface area contributed by atoms with Crippen LogP contribution in [-0.2, 0) is 4.74 Å². The van der Waals surface area contributed by atoms with Crippen LogP contribution in [0.4, 0.5) is 0 Å². The first kappa shape index (κ1) is 11.5. The molecule has 0 atom stereocenters. The second-order valence-electron chi connectivity index (χ2n) is 3.25. The van der Waals surface area contributed by atoms with E-state index in [1.807, 2.05) is 6.07 Å². The molecule has 0 amide bonds. The van der Waals surface area contributed by atoms with Crippen molar-refractivity contribution in [3.05, 3.63) is 33.4 Å². The Bertz CT molecular complexity index is 550. The Morgan fingerprint density at radius 1 is 1.50 bits per heavy atom. The molecular weight excluding hydrogens is 293 g/mol. The molecule has 0 aliphatic rings. The number of benzene rings is 1. The number of nitrogens with one attached hydrogen (secondary N) is 1. The minimum atomic E-state index is -0.370. The fraction of sp³-hybridized carbons (Fsp3) is 0.182. The Balaban J connectivity index is 2.51. The highest BCUT2D eigenvalue weighted by atomic mass is 79.9. The number of ether oxygens (including phenoxy) is 1. The molecule has 1 aromatic heterocycles. The number of fused-ring (bicyclic) bond motifs is 1. The van der Waals surface area contributed by atoms with Crippen molar-refractivity contribution in [3.8, 4) is 0 Å². The van der Waals surface area contributed by atoms with Gasteiger partial charge in [0.25, 0.3) is 0 Å². The van der Waals surface area contributed by atoms with Crippen molar-refractivity contribution in [2.45, 2.75) is 6.92 Å². The van der Waals surface area contributed by atoms with Crippen LogP contribution >= 0.6 is 27.5 Å². The number of hydrogen-bond donors (Lipinski definition) is 1. The molecule has 0 fully saturated rings. The van der Waals surface area contributed by atoms with E-state index in [0.717, 1.165) is 15.4 Å². The van der Waals surface area contributed by atoms with Crippen molar-refractivity contribution < 1.29 is 9.53 Å². The molecule has 0 radical (unpaired) electrons. The van der Waals surface area contributed by atoms with E-state index in [2.05, 4.69) is 20.9 Å². The van der Waals surface area contributed by atoms with Gasteiger partial charge in [-0.25, -0.2) is 4.79 Å². The third-order valence-electron chi connectivity index (χ3n) is 2.15. The third kappa shape index (κ3) is 2.08. The van der Waals surface area contributed by atoms with Crippen LogP contribution in [0.25, 0.3) is 10.9 Å². The molecule has 0 aliphatic heterocycles. The normalized spacial score (nSPS) is 10.7. The summed E-state index contributed by atoms with van der Waals surface area (Å²) in [7, 11) is 0. The molecule has 1 aromatic carbocycles. The summed E-state index contributed by atoms with van der Waals surface area (Å²) in [4.78, 5) is 14.5. The van der Waals surface area contributed by atoms with Gasteiger partial charge in [0.15, 0.2) is 0 Å². The number of halogens is 2. The standard InChI is InChI=1S/C11H9BrClNO2/c1-2-16-11(15)10-5-7-8(13)3-6(12)4-9(7)14-10/h3-5,14H,2H2,1H3. The van der Waals surface area contributed by atoms with E-state index in [-0.39, 0.29) is 5.97 Å². The maximum absolute atomic E-state index is 11.5. The van der Waals surface area contributed by atoms with Gasteiger partial charge in [0.1, 0.15) is 5.69 Å². The molecule has 3 nitrogen and oxygen atoms in total. The van der Waals surface area contributed by atoms with Gasteiger partial charge in [-0.1, -0.05) is 27.5 Å². The maximum Gasteiger partial charge on any atom is 0.354 e. The highest BCUT2D eigenvalue weighted by molar-refractivity contribution is 9.10. The molecule has 0 saturated heterocycles. The monoisotopic (exact) mass is 301 g/mol. The summed E-state index contributed by atoms with van der Waals surface area (Å²) in [6.07, 6.45) is 0. The Morgan fingerprint density at radius 2 is 2.25 bits per heavy atom. The number of carbonyl (C=O) groups is 1. The van der Waals surface area contributed by atoms with Crippen LogP contribution in [0.1, 0.15) is 17.4 Å². The zero-order chi connectivity index (χ0) is 11.7. The van der Waals surface area contributed by atoms with Crippen molar-refractivity contribution in [1.82, 2.24) is 4.98 Å². The molecule has 0 saturated carbocycles. The van der Waals surface area contributed by atoms with E-state index < -0.39 is 0 Å². The number of aromatic nitrogens is 1. The second kappa shape index (κ2) is 4.47. The van der Waals surface area contributed by atoms with Gasteiger partial charge in [0.05, 0.1) is 11.6 Å². The first-order chi connectivity index (χ1) is 7.61. The predicted octanol–water partition coefficient (Wildman–Crippen LogP) is 3.76. The van der Waals surface area contributed by atoms with Crippen LogP contribution in [0.3, 0.4) is 0 Å². The molecular formula is C11H9BrClNO2. The minimum Gasteiger partial charge on any atom is -0.461 e. The van der Waals surface area contributed by atoms with Gasteiger partial charge in [-0.15, -0.1) is 0 Å². The summed E-state index contributed by atoms with van der Waals surface area (Å²) in [5.41, 5.74) is 1.22. The van der Waals surface area contributed by atoms with E-state index in [9.17, 15) is 4.79 Å². The lowest BCUT2D eigenvalue weighted by Crippen LogP contribution is -2.04. The summed E-state index contributed by atoms with van der Waals surface area (Å²) < 4.78 is 5.77.